The number of aliphatic hydroxyl groups excluding tert-OH is 1. The number of phenolic OH excluding ortho intramolecular Hbond substituents is 1. The highest BCUT2D eigenvalue weighted by molar-refractivity contribution is 6.46. The van der Waals surface area contributed by atoms with Crippen LogP contribution in [0, 0.1) is 0 Å². The number of phenols is 1. The van der Waals surface area contributed by atoms with Crippen LogP contribution < -0.4 is 4.74 Å². The van der Waals surface area contributed by atoms with E-state index in [1.807, 2.05) is 0 Å². The molecule has 170 valence electrons. The van der Waals surface area contributed by atoms with Crippen LogP contribution in [0.25, 0.3) is 5.76 Å². The fourth-order valence-corrected chi connectivity index (χ4v) is 3.84. The van der Waals surface area contributed by atoms with E-state index in [-0.39, 0.29) is 23.6 Å². The zero-order valence-electron chi connectivity index (χ0n) is 18.2. The Morgan fingerprint density at radius 1 is 1.09 bits per heavy atom. The molecule has 1 fully saturated rings. The molecule has 1 aliphatic rings. The summed E-state index contributed by atoms with van der Waals surface area (Å²) in [6.45, 7) is 2.67. The average molecular weight is 447 g/mol. The first-order valence-corrected chi connectivity index (χ1v) is 10.8. The molecule has 0 radical (unpaired) electrons. The third kappa shape index (κ3) is 4.62. The lowest BCUT2D eigenvalue weighted by Crippen LogP contribution is -2.29. The Balaban J connectivity index is 1.78. The monoisotopic (exact) mass is 447 g/mol. The average Bonchev–Trinajstić information content (AvgIpc) is 3.42. The van der Waals surface area contributed by atoms with Crippen molar-refractivity contribution in [2.45, 2.75) is 32.4 Å². The number of rotatable bonds is 8. The minimum atomic E-state index is -0.847. The molecular formula is C26H25NO6. The Morgan fingerprint density at radius 2 is 1.88 bits per heavy atom. The number of hydrogen-bond donors (Lipinski definition) is 2. The molecule has 2 N–H and O–H groups in total. The van der Waals surface area contributed by atoms with E-state index < -0.39 is 17.7 Å². The number of carbonyl (C=O) groups excluding carboxylic acids is 2. The molecule has 7 heteroatoms. The number of ether oxygens (including phenoxy) is 1. The van der Waals surface area contributed by atoms with Crippen molar-refractivity contribution in [1.29, 1.82) is 0 Å². The van der Waals surface area contributed by atoms with Crippen LogP contribution in [0.2, 0.25) is 0 Å². The van der Waals surface area contributed by atoms with Crippen molar-refractivity contribution >= 4 is 17.4 Å². The molecule has 33 heavy (non-hydrogen) atoms. The first-order valence-electron chi connectivity index (χ1n) is 10.8. The van der Waals surface area contributed by atoms with Gasteiger partial charge in [0.2, 0.25) is 0 Å². The third-order valence-corrected chi connectivity index (χ3v) is 5.53. The predicted octanol–water partition coefficient (Wildman–Crippen LogP) is 4.79. The van der Waals surface area contributed by atoms with Gasteiger partial charge in [-0.3, -0.25) is 9.59 Å². The summed E-state index contributed by atoms with van der Waals surface area (Å²) in [5.41, 5.74) is 0.933. The van der Waals surface area contributed by atoms with E-state index in [1.165, 1.54) is 23.3 Å². The normalized spacial score (nSPS) is 17.5. The van der Waals surface area contributed by atoms with Gasteiger partial charge < -0.3 is 24.3 Å². The number of Topliss-reactive ketones (excluding diaryl/α,β-unsaturated/α-hetero) is 1. The summed E-state index contributed by atoms with van der Waals surface area (Å²) in [5.74, 6) is -0.672. The van der Waals surface area contributed by atoms with Gasteiger partial charge in [-0.05, 0) is 48.4 Å². The van der Waals surface area contributed by atoms with Gasteiger partial charge in [-0.2, -0.15) is 0 Å². The van der Waals surface area contributed by atoms with Gasteiger partial charge in [-0.15, -0.1) is 0 Å². The molecule has 1 amide bonds. The first-order chi connectivity index (χ1) is 16.0. The largest absolute Gasteiger partial charge is 0.508 e. The lowest BCUT2D eigenvalue weighted by molar-refractivity contribution is -0.140. The number of likely N-dealkylation sites (tertiary alicyclic amines) is 1. The molecule has 1 saturated heterocycles. The van der Waals surface area contributed by atoms with E-state index in [0.717, 1.165) is 12.8 Å². The number of hydrogen-bond acceptors (Lipinski definition) is 6. The second-order valence-corrected chi connectivity index (χ2v) is 7.83. The zero-order chi connectivity index (χ0) is 23.4. The predicted molar refractivity (Wildman–Crippen MR) is 122 cm³/mol. The fraction of sp³-hybridized carbons (Fsp3) is 0.231. The van der Waals surface area contributed by atoms with E-state index >= 15 is 0 Å². The molecule has 4 rings (SSSR count). The Labute approximate surface area is 191 Å². The van der Waals surface area contributed by atoms with Crippen molar-refractivity contribution in [3.63, 3.8) is 0 Å². The molecule has 2 heterocycles. The second kappa shape index (κ2) is 9.65. The number of unbranched alkanes of at least 4 members (excludes halogenated alkanes) is 1. The minimum Gasteiger partial charge on any atom is -0.508 e. The third-order valence-electron chi connectivity index (χ3n) is 5.53. The summed E-state index contributed by atoms with van der Waals surface area (Å²) in [4.78, 5) is 27.4. The van der Waals surface area contributed by atoms with Gasteiger partial charge in [-0.1, -0.05) is 37.6 Å². The van der Waals surface area contributed by atoms with Gasteiger partial charge in [0.15, 0.2) is 0 Å². The number of aliphatic hydroxyl groups is 1. The van der Waals surface area contributed by atoms with Crippen LogP contribution >= 0.6 is 0 Å². The summed E-state index contributed by atoms with van der Waals surface area (Å²) in [5, 5.41) is 20.9. The van der Waals surface area contributed by atoms with Crippen LogP contribution in [0.4, 0.5) is 0 Å². The number of amides is 1. The standard InChI is InChI=1S/C26H25NO6/c1-2-3-13-32-20-7-4-6-18(15-20)24(29)22-23(17-9-11-19(28)12-10-17)27(26(31)25(22)30)16-21-8-5-14-33-21/h4-12,14-15,23,28-29H,2-3,13,16H2,1H3. The van der Waals surface area contributed by atoms with Gasteiger partial charge >= 0.3 is 0 Å². The fourth-order valence-electron chi connectivity index (χ4n) is 3.84. The van der Waals surface area contributed by atoms with Gasteiger partial charge in [0.25, 0.3) is 11.7 Å². The maximum absolute atomic E-state index is 13.1. The van der Waals surface area contributed by atoms with Crippen molar-refractivity contribution in [2.24, 2.45) is 0 Å². The Kier molecular flexibility index (Phi) is 6.49. The molecule has 7 nitrogen and oxygen atoms in total. The van der Waals surface area contributed by atoms with Crippen molar-refractivity contribution < 1.29 is 29.0 Å². The highest BCUT2D eigenvalue weighted by Crippen LogP contribution is 2.41. The number of carbonyl (C=O) groups is 2. The molecule has 2 aromatic carbocycles. The molecule has 1 aromatic heterocycles. The van der Waals surface area contributed by atoms with Crippen molar-refractivity contribution in [3.05, 3.63) is 89.4 Å². The second-order valence-electron chi connectivity index (χ2n) is 7.83. The van der Waals surface area contributed by atoms with Gasteiger partial charge in [0.1, 0.15) is 23.0 Å². The van der Waals surface area contributed by atoms with E-state index in [0.29, 0.717) is 29.2 Å². The Bertz CT molecular complexity index is 1160. The molecule has 1 unspecified atom stereocenters. The van der Waals surface area contributed by atoms with Gasteiger partial charge in [-0.25, -0.2) is 0 Å². The van der Waals surface area contributed by atoms with E-state index in [4.69, 9.17) is 9.15 Å². The number of furan rings is 1. The molecular weight excluding hydrogens is 422 g/mol. The first kappa shape index (κ1) is 22.2. The quantitative estimate of drug-likeness (QED) is 0.223. The van der Waals surface area contributed by atoms with Crippen LogP contribution in [0.15, 0.2) is 76.9 Å². The number of nitrogens with zero attached hydrogens (tertiary/aromatic N) is 1. The Morgan fingerprint density at radius 3 is 2.58 bits per heavy atom. The molecule has 3 aromatic rings. The molecule has 1 atom stereocenters. The molecule has 1 aliphatic heterocycles. The van der Waals surface area contributed by atoms with E-state index in [1.54, 1.807) is 48.5 Å². The summed E-state index contributed by atoms with van der Waals surface area (Å²) in [6, 6.07) is 15.6. The van der Waals surface area contributed by atoms with E-state index in [9.17, 15) is 19.8 Å². The number of aromatic hydroxyl groups is 1. The lowest BCUT2D eigenvalue weighted by Gasteiger charge is -2.24. The minimum absolute atomic E-state index is 0.0250. The topological polar surface area (TPSA) is 100 Å². The van der Waals surface area contributed by atoms with Crippen LogP contribution in [0.1, 0.15) is 42.7 Å². The number of ketones is 1. The van der Waals surface area contributed by atoms with Crippen molar-refractivity contribution in [2.75, 3.05) is 6.61 Å². The van der Waals surface area contributed by atoms with Crippen molar-refractivity contribution in [1.82, 2.24) is 4.90 Å². The summed E-state index contributed by atoms with van der Waals surface area (Å²) in [7, 11) is 0. The van der Waals surface area contributed by atoms with Crippen LogP contribution in [0.3, 0.4) is 0 Å². The molecule has 0 bridgehead atoms. The van der Waals surface area contributed by atoms with Crippen LogP contribution in [-0.2, 0) is 16.1 Å². The highest BCUT2D eigenvalue weighted by Gasteiger charge is 2.46. The van der Waals surface area contributed by atoms with E-state index in [2.05, 4.69) is 6.92 Å². The maximum atomic E-state index is 13.1. The summed E-state index contributed by atoms with van der Waals surface area (Å²) >= 11 is 0. The van der Waals surface area contributed by atoms with Gasteiger partial charge in [0, 0.05) is 5.56 Å². The molecule has 0 saturated carbocycles. The lowest BCUT2D eigenvalue weighted by atomic mass is 9.95. The Hall–Kier alpha value is -4.00. The number of benzene rings is 2. The smallest absolute Gasteiger partial charge is 0.296 e. The van der Waals surface area contributed by atoms with Crippen LogP contribution in [0.5, 0.6) is 11.5 Å². The summed E-state index contributed by atoms with van der Waals surface area (Å²) < 4.78 is 11.1. The molecule has 0 aliphatic carbocycles. The SMILES string of the molecule is CCCCOc1cccc(C(O)=C2C(=O)C(=O)N(Cc3ccco3)C2c2ccc(O)cc2)c1. The summed E-state index contributed by atoms with van der Waals surface area (Å²) in [6.07, 6.45) is 3.38. The molecule has 0 spiro atoms. The van der Waals surface area contributed by atoms with Gasteiger partial charge in [0.05, 0.1) is 31.0 Å². The maximum Gasteiger partial charge on any atom is 0.296 e. The zero-order valence-corrected chi connectivity index (χ0v) is 18.2. The highest BCUT2D eigenvalue weighted by atomic mass is 16.5. The van der Waals surface area contributed by atoms with Crippen molar-refractivity contribution in [3.8, 4) is 11.5 Å². The van der Waals surface area contributed by atoms with Crippen LogP contribution in [-0.4, -0.2) is 33.4 Å².